The number of hydrogen-bond donors (Lipinski definition) is 5. The molecule has 27 heavy (non-hydrogen) atoms. The molecule has 0 spiro atoms. The topological polar surface area (TPSA) is 167 Å². The molecular formula is C15H15BN4O6S. The molecule has 2 heterocycles. The van der Waals surface area contributed by atoms with E-state index in [1.807, 2.05) is 0 Å². The maximum Gasteiger partial charge on any atom is 0.547 e. The number of nitrogens with zero attached hydrogens (tertiary/aromatic N) is 2. The first-order valence-electron chi connectivity index (χ1n) is 7.78. The van der Waals surface area contributed by atoms with E-state index in [0.717, 1.165) is 11.3 Å². The third-order valence-electron chi connectivity index (χ3n) is 4.02. The van der Waals surface area contributed by atoms with Crippen LogP contribution in [0.25, 0.3) is 0 Å². The van der Waals surface area contributed by atoms with E-state index in [9.17, 15) is 24.9 Å². The molecule has 0 aliphatic carbocycles. The van der Waals surface area contributed by atoms with Crippen molar-refractivity contribution in [3.63, 3.8) is 0 Å². The summed E-state index contributed by atoms with van der Waals surface area (Å²) < 4.78 is 5.31. The van der Waals surface area contributed by atoms with Gasteiger partial charge in [-0.3, -0.25) is 4.79 Å². The van der Waals surface area contributed by atoms with Gasteiger partial charge in [-0.2, -0.15) is 0 Å². The molecule has 0 saturated carbocycles. The molecular weight excluding hydrogens is 375 g/mol. The Morgan fingerprint density at radius 2 is 2.22 bits per heavy atom. The number of aryl methyl sites for hydroxylation is 1. The van der Waals surface area contributed by atoms with Gasteiger partial charge in [-0.1, -0.05) is 17.3 Å². The van der Waals surface area contributed by atoms with Crippen molar-refractivity contribution in [3.05, 3.63) is 39.9 Å². The number of thiazole rings is 1. The highest BCUT2D eigenvalue weighted by molar-refractivity contribution is 7.15. The molecule has 1 atom stereocenters. The molecule has 1 amide bonds. The lowest BCUT2D eigenvalue weighted by Gasteiger charge is -2.28. The van der Waals surface area contributed by atoms with Gasteiger partial charge < -0.3 is 31.0 Å². The predicted molar refractivity (Wildman–Crippen MR) is 97.2 cm³/mol. The van der Waals surface area contributed by atoms with Crippen LogP contribution in [0.2, 0.25) is 0 Å². The first kappa shape index (κ1) is 18.7. The highest BCUT2D eigenvalue weighted by Crippen LogP contribution is 2.30. The van der Waals surface area contributed by atoms with Crippen LogP contribution in [0.15, 0.2) is 23.4 Å². The van der Waals surface area contributed by atoms with Crippen molar-refractivity contribution in [1.29, 1.82) is 0 Å². The maximum atomic E-state index is 12.5. The smallest absolute Gasteiger partial charge is 0.534 e. The fraction of sp³-hybridized carbons (Fsp3) is 0.200. The molecule has 0 fully saturated rings. The lowest BCUT2D eigenvalue weighted by atomic mass is 9.72. The number of aromatic nitrogens is 1. The molecule has 12 heteroatoms. The Kier molecular flexibility index (Phi) is 5.01. The van der Waals surface area contributed by atoms with Gasteiger partial charge in [0.1, 0.15) is 11.4 Å². The number of carbonyl (C=O) groups is 2. The van der Waals surface area contributed by atoms with Gasteiger partial charge in [-0.15, -0.1) is 11.3 Å². The van der Waals surface area contributed by atoms with Gasteiger partial charge >= 0.3 is 13.1 Å². The maximum absolute atomic E-state index is 12.5. The van der Waals surface area contributed by atoms with Crippen LogP contribution < -0.4 is 15.7 Å². The fourth-order valence-corrected chi connectivity index (χ4v) is 3.48. The zero-order valence-corrected chi connectivity index (χ0v) is 14.9. The number of carbonyl (C=O) groups excluding carboxylic acids is 1. The number of rotatable bonds is 4. The molecule has 1 aliphatic heterocycles. The molecule has 1 aromatic heterocycles. The first-order chi connectivity index (χ1) is 12.8. The Hall–Kier alpha value is -3.12. The molecule has 0 unspecified atom stereocenters. The van der Waals surface area contributed by atoms with Gasteiger partial charge in [0, 0.05) is 4.88 Å². The highest BCUT2D eigenvalue weighted by atomic mass is 32.1. The summed E-state index contributed by atoms with van der Waals surface area (Å²) in [6.45, 7) is 1.67. The summed E-state index contributed by atoms with van der Waals surface area (Å²) in [4.78, 5) is 28.3. The average Bonchev–Trinajstić information content (AvgIpc) is 2.93. The predicted octanol–water partition coefficient (Wildman–Crippen LogP) is 0.0498. The van der Waals surface area contributed by atoms with Crippen LogP contribution in [0.4, 0.5) is 5.13 Å². The van der Waals surface area contributed by atoms with Gasteiger partial charge in [-0.25, -0.2) is 9.78 Å². The molecule has 10 nitrogen and oxygen atoms in total. The summed E-state index contributed by atoms with van der Waals surface area (Å²) in [6.07, 6.45) is 0.125. The van der Waals surface area contributed by atoms with Crippen LogP contribution in [-0.2, 0) is 11.2 Å². The van der Waals surface area contributed by atoms with E-state index in [1.165, 1.54) is 6.07 Å². The monoisotopic (exact) mass is 390 g/mol. The summed E-state index contributed by atoms with van der Waals surface area (Å²) in [5, 5.41) is 34.3. The SMILES string of the molecule is Cc1sc(N)nc1/C(=N/O)C(=O)N[C@H]1Cc2cccc(C(=O)O)c2OB1O. The van der Waals surface area contributed by atoms with Crippen molar-refractivity contribution in [2.45, 2.75) is 19.3 Å². The number of benzene rings is 1. The van der Waals surface area contributed by atoms with E-state index in [0.29, 0.717) is 10.4 Å². The molecule has 3 rings (SSSR count). The molecule has 2 aromatic rings. The standard InChI is InChI=1S/C15H15BN4O6S/c1-6-10(19-15(17)27-6)11(20-25)13(21)18-9-5-7-3-2-4-8(14(22)23)12(7)26-16(9)24/h2-4,9,24-25H,5H2,1H3,(H2,17,19)(H,18,21)(H,22,23)/b20-11-/t9-/m0/s1. The van der Waals surface area contributed by atoms with Crippen molar-refractivity contribution < 1.29 is 29.6 Å². The number of amides is 1. The van der Waals surface area contributed by atoms with Gasteiger partial charge in [0.05, 0.1) is 11.5 Å². The second-order valence-electron chi connectivity index (χ2n) is 5.80. The van der Waals surface area contributed by atoms with Crippen molar-refractivity contribution in [3.8, 4) is 5.75 Å². The Balaban J connectivity index is 1.82. The summed E-state index contributed by atoms with van der Waals surface area (Å²) in [6, 6.07) is 4.54. The van der Waals surface area contributed by atoms with Crippen LogP contribution in [-0.4, -0.2) is 51.0 Å². The van der Waals surface area contributed by atoms with Crippen molar-refractivity contribution >= 4 is 41.2 Å². The first-order valence-corrected chi connectivity index (χ1v) is 8.59. The normalized spacial score (nSPS) is 16.4. The molecule has 1 aliphatic rings. The third-order valence-corrected chi connectivity index (χ3v) is 4.82. The molecule has 1 aromatic carbocycles. The zero-order valence-electron chi connectivity index (χ0n) is 14.0. The Bertz CT molecular complexity index is 946. The van der Waals surface area contributed by atoms with Gasteiger partial charge in [-0.05, 0) is 25.0 Å². The Morgan fingerprint density at radius 3 is 2.81 bits per heavy atom. The van der Waals surface area contributed by atoms with Gasteiger partial charge in [0.15, 0.2) is 10.8 Å². The fourth-order valence-electron chi connectivity index (χ4n) is 2.79. The Morgan fingerprint density at radius 1 is 1.48 bits per heavy atom. The number of hydrogen-bond acceptors (Lipinski definition) is 9. The number of anilines is 1. The van der Waals surface area contributed by atoms with E-state index in [1.54, 1.807) is 19.1 Å². The largest absolute Gasteiger partial charge is 0.547 e. The van der Waals surface area contributed by atoms with E-state index >= 15 is 0 Å². The lowest BCUT2D eigenvalue weighted by Crippen LogP contribution is -2.54. The van der Waals surface area contributed by atoms with E-state index < -0.39 is 24.9 Å². The minimum atomic E-state index is -1.48. The molecule has 0 bridgehead atoms. The van der Waals surface area contributed by atoms with E-state index in [2.05, 4.69) is 15.5 Å². The minimum absolute atomic E-state index is 0.0576. The Labute approximate surface area is 157 Å². The average molecular weight is 390 g/mol. The zero-order chi connectivity index (χ0) is 19.7. The number of para-hydroxylation sites is 1. The second kappa shape index (κ2) is 7.25. The van der Waals surface area contributed by atoms with Gasteiger partial charge in [0.25, 0.3) is 5.91 Å². The van der Waals surface area contributed by atoms with E-state index in [-0.39, 0.29) is 34.3 Å². The van der Waals surface area contributed by atoms with Gasteiger partial charge in [0.2, 0.25) is 0 Å². The number of aromatic carboxylic acids is 1. The van der Waals surface area contributed by atoms with Crippen molar-refractivity contribution in [2.75, 3.05) is 5.73 Å². The number of nitrogens with one attached hydrogen (secondary N) is 1. The molecule has 0 radical (unpaired) electrons. The molecule has 140 valence electrons. The van der Waals surface area contributed by atoms with Crippen LogP contribution >= 0.6 is 11.3 Å². The second-order valence-corrected chi connectivity index (χ2v) is 7.03. The van der Waals surface area contributed by atoms with E-state index in [4.69, 9.17) is 10.4 Å². The van der Waals surface area contributed by atoms with Crippen molar-refractivity contribution in [2.24, 2.45) is 5.16 Å². The van der Waals surface area contributed by atoms with Crippen LogP contribution in [0.1, 0.15) is 26.5 Å². The minimum Gasteiger partial charge on any atom is -0.534 e. The third kappa shape index (κ3) is 3.57. The molecule has 6 N–H and O–H groups in total. The van der Waals surface area contributed by atoms with Crippen LogP contribution in [0.5, 0.6) is 5.75 Å². The van der Waals surface area contributed by atoms with Crippen LogP contribution in [0, 0.1) is 6.92 Å². The number of carboxylic acids is 1. The summed E-state index contributed by atoms with van der Waals surface area (Å²) in [5.74, 6) is -2.80. The highest BCUT2D eigenvalue weighted by Gasteiger charge is 2.38. The number of nitrogen functional groups attached to an aromatic ring is 1. The summed E-state index contributed by atoms with van der Waals surface area (Å²) in [7, 11) is -1.48. The number of carboxylic acid groups (broad SMARTS) is 1. The lowest BCUT2D eigenvalue weighted by molar-refractivity contribution is -0.115. The number of fused-ring (bicyclic) bond motifs is 1. The van der Waals surface area contributed by atoms with Crippen LogP contribution in [0.3, 0.4) is 0 Å². The summed E-state index contributed by atoms with van der Waals surface area (Å²) in [5.41, 5.74) is 5.82. The number of oxime groups is 1. The number of nitrogens with two attached hydrogens (primary N) is 1. The van der Waals surface area contributed by atoms with Crippen molar-refractivity contribution in [1.82, 2.24) is 10.3 Å². The molecule has 0 saturated heterocycles. The summed E-state index contributed by atoms with van der Waals surface area (Å²) >= 11 is 1.14. The quantitative estimate of drug-likeness (QED) is 0.211.